The van der Waals surface area contributed by atoms with Crippen LogP contribution in [0.1, 0.15) is 12.0 Å². The zero-order valence-electron chi connectivity index (χ0n) is 12.2. The van der Waals surface area contributed by atoms with Crippen molar-refractivity contribution in [2.45, 2.75) is 18.5 Å². The summed E-state index contributed by atoms with van der Waals surface area (Å²) < 4.78 is 7.20. The van der Waals surface area contributed by atoms with E-state index in [0.29, 0.717) is 13.2 Å². The molecule has 112 valence electrons. The molecule has 21 heavy (non-hydrogen) atoms. The van der Waals surface area contributed by atoms with Gasteiger partial charge in [0, 0.05) is 32.0 Å². The molecule has 1 unspecified atom stereocenters. The van der Waals surface area contributed by atoms with Crippen molar-refractivity contribution in [3.63, 3.8) is 0 Å². The van der Waals surface area contributed by atoms with Gasteiger partial charge in [0.15, 0.2) is 0 Å². The largest absolute Gasteiger partial charge is 0.394 e. The predicted octanol–water partition coefficient (Wildman–Crippen LogP) is 1.33. The molecule has 0 bridgehead atoms. The van der Waals surface area contributed by atoms with Gasteiger partial charge in [-0.1, -0.05) is 18.2 Å². The highest BCUT2D eigenvalue weighted by molar-refractivity contribution is 5.62. The molecular weight excluding hydrogens is 266 g/mol. The number of hydrogen-bond donors (Lipinski definition) is 2. The van der Waals surface area contributed by atoms with Crippen molar-refractivity contribution in [2.75, 3.05) is 19.8 Å². The fourth-order valence-corrected chi connectivity index (χ4v) is 2.65. The minimum atomic E-state index is -0.287. The number of rotatable bonds is 5. The Balaban J connectivity index is 1.71. The quantitative estimate of drug-likeness (QED) is 0.871. The van der Waals surface area contributed by atoms with Crippen LogP contribution >= 0.6 is 0 Å². The maximum Gasteiger partial charge on any atom is 0.0675 e. The van der Waals surface area contributed by atoms with Gasteiger partial charge in [-0.15, -0.1) is 0 Å². The number of nitrogens with zero attached hydrogens (tertiary/aromatic N) is 2. The Kier molecular flexibility index (Phi) is 4.05. The zero-order valence-corrected chi connectivity index (χ0v) is 12.2. The second kappa shape index (κ2) is 5.97. The van der Waals surface area contributed by atoms with Crippen LogP contribution < -0.4 is 5.32 Å². The van der Waals surface area contributed by atoms with Gasteiger partial charge < -0.3 is 15.2 Å². The molecule has 0 saturated carbocycles. The molecule has 2 heterocycles. The minimum absolute atomic E-state index is 0.106. The highest BCUT2D eigenvalue weighted by Gasteiger charge is 2.33. The molecule has 1 aromatic heterocycles. The lowest BCUT2D eigenvalue weighted by atomic mass is 9.99. The molecule has 1 atom stereocenters. The fraction of sp³-hybridized carbons (Fsp3) is 0.438. The van der Waals surface area contributed by atoms with E-state index in [1.165, 1.54) is 5.56 Å². The first-order chi connectivity index (χ1) is 10.2. The average molecular weight is 287 g/mol. The van der Waals surface area contributed by atoms with Crippen LogP contribution in [0.3, 0.4) is 0 Å². The summed E-state index contributed by atoms with van der Waals surface area (Å²) >= 11 is 0. The molecule has 2 aromatic rings. The molecule has 3 rings (SSSR count). The molecule has 2 N–H and O–H groups in total. The molecule has 0 amide bonds. The fourth-order valence-electron chi connectivity index (χ4n) is 2.65. The predicted molar refractivity (Wildman–Crippen MR) is 80.7 cm³/mol. The molecule has 5 heteroatoms. The van der Waals surface area contributed by atoms with E-state index in [2.05, 4.69) is 34.7 Å². The van der Waals surface area contributed by atoms with E-state index in [4.69, 9.17) is 4.74 Å². The van der Waals surface area contributed by atoms with Gasteiger partial charge in [0.25, 0.3) is 0 Å². The van der Waals surface area contributed by atoms with Gasteiger partial charge in [0.05, 0.1) is 24.9 Å². The summed E-state index contributed by atoms with van der Waals surface area (Å²) in [4.78, 5) is 0. The van der Waals surface area contributed by atoms with E-state index in [1.807, 2.05) is 19.4 Å². The summed E-state index contributed by atoms with van der Waals surface area (Å²) in [7, 11) is 1.92. The first-order valence-electron chi connectivity index (χ1n) is 7.22. The van der Waals surface area contributed by atoms with Crippen molar-refractivity contribution in [3.8, 4) is 11.1 Å². The Morgan fingerprint density at radius 3 is 3.00 bits per heavy atom. The summed E-state index contributed by atoms with van der Waals surface area (Å²) in [6, 6.07) is 8.38. The number of hydrogen-bond acceptors (Lipinski definition) is 4. The number of aliphatic hydroxyl groups excluding tert-OH is 1. The number of aryl methyl sites for hydroxylation is 1. The summed E-state index contributed by atoms with van der Waals surface area (Å²) in [5.74, 6) is 0. The van der Waals surface area contributed by atoms with Crippen molar-refractivity contribution < 1.29 is 9.84 Å². The third-order valence-electron chi connectivity index (χ3n) is 4.04. The first-order valence-corrected chi connectivity index (χ1v) is 7.22. The lowest BCUT2D eigenvalue weighted by molar-refractivity contribution is 0.120. The Hall–Kier alpha value is -1.69. The molecule has 1 aliphatic rings. The second-order valence-electron chi connectivity index (χ2n) is 5.70. The lowest BCUT2D eigenvalue weighted by Gasteiger charge is -2.26. The molecule has 0 aliphatic carbocycles. The zero-order chi connectivity index (χ0) is 14.7. The molecular formula is C16H21N3O2. The van der Waals surface area contributed by atoms with E-state index in [0.717, 1.165) is 24.1 Å². The van der Waals surface area contributed by atoms with Gasteiger partial charge >= 0.3 is 0 Å². The summed E-state index contributed by atoms with van der Waals surface area (Å²) in [5, 5.41) is 17.2. The second-order valence-corrected chi connectivity index (χ2v) is 5.70. The van der Waals surface area contributed by atoms with Crippen LogP contribution in [0, 0.1) is 0 Å². The van der Waals surface area contributed by atoms with Gasteiger partial charge in [-0.25, -0.2) is 0 Å². The van der Waals surface area contributed by atoms with Gasteiger partial charge in [0.1, 0.15) is 0 Å². The van der Waals surface area contributed by atoms with Crippen LogP contribution in [0.5, 0.6) is 0 Å². The summed E-state index contributed by atoms with van der Waals surface area (Å²) in [6.07, 6.45) is 4.73. The Bertz CT molecular complexity index is 603. The van der Waals surface area contributed by atoms with Crippen LogP contribution in [0.25, 0.3) is 11.1 Å². The van der Waals surface area contributed by atoms with E-state index in [1.54, 1.807) is 4.68 Å². The summed E-state index contributed by atoms with van der Waals surface area (Å²) in [6.45, 7) is 2.11. The number of nitrogens with one attached hydrogen (secondary N) is 1. The normalized spacial score (nSPS) is 21.8. The third-order valence-corrected chi connectivity index (χ3v) is 4.04. The number of benzene rings is 1. The number of ether oxygens (including phenoxy) is 1. The van der Waals surface area contributed by atoms with Crippen LogP contribution in [-0.4, -0.2) is 40.2 Å². The maximum absolute atomic E-state index is 9.58. The maximum atomic E-state index is 9.58. The molecule has 0 radical (unpaired) electrons. The smallest absolute Gasteiger partial charge is 0.0675 e. The standard InChI is InChI=1S/C16H21N3O2/c1-19-10-15(9-18-19)14-4-2-3-13(7-14)8-17-16(11-20)5-6-21-12-16/h2-4,7,9-10,17,20H,5-6,8,11-12H2,1H3. The Morgan fingerprint density at radius 1 is 1.43 bits per heavy atom. The Labute approximate surface area is 124 Å². The van der Waals surface area contributed by atoms with Gasteiger partial charge in [-0.05, 0) is 23.6 Å². The van der Waals surface area contributed by atoms with Crippen LogP contribution in [0.4, 0.5) is 0 Å². The number of aliphatic hydroxyl groups is 1. The van der Waals surface area contributed by atoms with E-state index < -0.39 is 0 Å². The number of aromatic nitrogens is 2. The van der Waals surface area contributed by atoms with Crippen molar-refractivity contribution in [3.05, 3.63) is 42.2 Å². The van der Waals surface area contributed by atoms with Gasteiger partial charge in [-0.2, -0.15) is 5.10 Å². The highest BCUT2D eigenvalue weighted by Crippen LogP contribution is 2.21. The third kappa shape index (κ3) is 3.15. The van der Waals surface area contributed by atoms with Crippen LogP contribution in [0.15, 0.2) is 36.7 Å². The van der Waals surface area contributed by atoms with E-state index in [-0.39, 0.29) is 12.1 Å². The molecule has 5 nitrogen and oxygen atoms in total. The van der Waals surface area contributed by atoms with Crippen molar-refractivity contribution in [2.24, 2.45) is 7.05 Å². The van der Waals surface area contributed by atoms with Crippen LogP contribution in [-0.2, 0) is 18.3 Å². The lowest BCUT2D eigenvalue weighted by Crippen LogP contribution is -2.48. The minimum Gasteiger partial charge on any atom is -0.394 e. The van der Waals surface area contributed by atoms with Crippen molar-refractivity contribution in [1.82, 2.24) is 15.1 Å². The summed E-state index contributed by atoms with van der Waals surface area (Å²) in [5.41, 5.74) is 3.17. The average Bonchev–Trinajstić information content (AvgIpc) is 3.15. The van der Waals surface area contributed by atoms with E-state index >= 15 is 0 Å². The topological polar surface area (TPSA) is 59.3 Å². The van der Waals surface area contributed by atoms with Crippen LogP contribution in [0.2, 0.25) is 0 Å². The molecule has 1 saturated heterocycles. The Morgan fingerprint density at radius 2 is 2.33 bits per heavy atom. The molecule has 1 aliphatic heterocycles. The van der Waals surface area contributed by atoms with Crippen molar-refractivity contribution in [1.29, 1.82) is 0 Å². The van der Waals surface area contributed by atoms with Gasteiger partial charge in [0.2, 0.25) is 0 Å². The molecule has 1 aromatic carbocycles. The SMILES string of the molecule is Cn1cc(-c2cccc(CNC3(CO)CCOC3)c2)cn1. The van der Waals surface area contributed by atoms with Crippen molar-refractivity contribution >= 4 is 0 Å². The highest BCUT2D eigenvalue weighted by atomic mass is 16.5. The van der Waals surface area contributed by atoms with E-state index in [9.17, 15) is 5.11 Å². The first kappa shape index (κ1) is 14.3. The van der Waals surface area contributed by atoms with Gasteiger partial charge in [-0.3, -0.25) is 4.68 Å². The molecule has 0 spiro atoms. The molecule has 1 fully saturated rings. The monoisotopic (exact) mass is 287 g/mol.